The molecule has 0 N–H and O–H groups in total. The van der Waals surface area contributed by atoms with Crippen molar-refractivity contribution in [2.75, 3.05) is 19.6 Å². The highest BCUT2D eigenvalue weighted by Crippen LogP contribution is 2.27. The Morgan fingerprint density at radius 1 is 1.03 bits per heavy atom. The van der Waals surface area contributed by atoms with E-state index in [0.29, 0.717) is 0 Å². The van der Waals surface area contributed by atoms with Crippen molar-refractivity contribution in [3.8, 4) is 0 Å². The van der Waals surface area contributed by atoms with Gasteiger partial charge in [0.15, 0.2) is 5.82 Å². The number of alkyl halides is 3. The van der Waals surface area contributed by atoms with Crippen LogP contribution in [0.25, 0.3) is 23.2 Å². The fourth-order valence-corrected chi connectivity index (χ4v) is 3.78. The van der Waals surface area contributed by atoms with Crippen LogP contribution in [0.1, 0.15) is 36.2 Å². The van der Waals surface area contributed by atoms with Gasteiger partial charge in [-0.05, 0) is 48.7 Å². The Labute approximate surface area is 195 Å². The molecule has 2 aromatic carbocycles. The number of halogens is 3. The summed E-state index contributed by atoms with van der Waals surface area (Å²) in [4.78, 5) is 10.3. The van der Waals surface area contributed by atoms with Crippen molar-refractivity contribution in [3.63, 3.8) is 0 Å². The number of fused-ring (bicyclic) bond motifs is 1. The monoisotopic (exact) mass is 469 g/mol. The average molecular weight is 470 g/mol. The number of hydrogen-bond donors (Lipinski definition) is 0. The van der Waals surface area contributed by atoms with Crippen LogP contribution in [0.4, 0.5) is 13.2 Å². The third-order valence-electron chi connectivity index (χ3n) is 5.51. The first kappa shape index (κ1) is 23.7. The quantitative estimate of drug-likeness (QED) is 0.304. The highest BCUT2D eigenvalue weighted by molar-refractivity contribution is 5.80. The molecule has 0 saturated heterocycles. The summed E-state index contributed by atoms with van der Waals surface area (Å²) in [6.07, 6.45) is 2.31. The predicted molar refractivity (Wildman–Crippen MR) is 125 cm³/mol. The van der Waals surface area contributed by atoms with Crippen molar-refractivity contribution in [2.45, 2.75) is 32.5 Å². The van der Waals surface area contributed by atoms with E-state index in [0.717, 1.165) is 55.6 Å². The number of benzene rings is 2. The summed E-state index contributed by atoms with van der Waals surface area (Å²) in [5, 5.41) is 3.34. The van der Waals surface area contributed by atoms with Gasteiger partial charge < -0.3 is 14.0 Å². The average Bonchev–Trinajstić information content (AvgIpc) is 3.47. The zero-order valence-corrected chi connectivity index (χ0v) is 18.9. The first-order chi connectivity index (χ1) is 16.4. The lowest BCUT2D eigenvalue weighted by molar-refractivity contribution is -0.159. The van der Waals surface area contributed by atoms with E-state index in [1.54, 1.807) is 6.08 Å². The number of nitrogens with zero attached hydrogens (tertiary/aromatic N) is 5. The van der Waals surface area contributed by atoms with Crippen molar-refractivity contribution in [2.24, 2.45) is 0 Å². The molecule has 0 spiro atoms. The minimum Gasteiger partial charge on any atom is -0.329 e. The van der Waals surface area contributed by atoms with E-state index in [1.807, 2.05) is 30.6 Å². The summed E-state index contributed by atoms with van der Waals surface area (Å²) in [6, 6.07) is 16.2. The van der Waals surface area contributed by atoms with Crippen molar-refractivity contribution < 1.29 is 17.7 Å². The first-order valence-electron chi connectivity index (χ1n) is 11.2. The smallest absolute Gasteiger partial charge is 0.329 e. The minimum atomic E-state index is -4.65. The molecule has 4 rings (SSSR count). The number of rotatable bonds is 10. The van der Waals surface area contributed by atoms with Crippen LogP contribution in [-0.2, 0) is 19.1 Å². The van der Waals surface area contributed by atoms with Gasteiger partial charge in [-0.3, -0.25) is 0 Å². The molecule has 6 nitrogen and oxygen atoms in total. The Hall–Kier alpha value is -3.46. The maximum atomic E-state index is 12.6. The lowest BCUT2D eigenvalue weighted by Gasteiger charge is -2.22. The van der Waals surface area contributed by atoms with Crippen LogP contribution in [0.15, 0.2) is 59.4 Å². The molecule has 0 fully saturated rings. The molecule has 0 saturated carbocycles. The Morgan fingerprint density at radius 3 is 2.59 bits per heavy atom. The van der Waals surface area contributed by atoms with E-state index in [2.05, 4.69) is 60.3 Å². The number of imidazole rings is 1. The Morgan fingerprint density at radius 2 is 1.85 bits per heavy atom. The second kappa shape index (κ2) is 10.6. The molecule has 0 amide bonds. The molecular weight excluding hydrogens is 443 g/mol. The molecule has 0 aliphatic heterocycles. The summed E-state index contributed by atoms with van der Waals surface area (Å²) >= 11 is 0. The zero-order valence-electron chi connectivity index (χ0n) is 18.9. The van der Waals surface area contributed by atoms with Gasteiger partial charge in [-0.25, -0.2) is 4.98 Å². The van der Waals surface area contributed by atoms with E-state index in [9.17, 15) is 13.2 Å². The Balaban J connectivity index is 1.38. The van der Waals surface area contributed by atoms with Gasteiger partial charge in [-0.2, -0.15) is 18.2 Å². The maximum absolute atomic E-state index is 12.6. The van der Waals surface area contributed by atoms with E-state index in [-0.39, 0.29) is 5.82 Å². The number of aromatic nitrogens is 4. The molecule has 4 aromatic rings. The topological polar surface area (TPSA) is 60.0 Å². The molecule has 0 aliphatic rings. The van der Waals surface area contributed by atoms with Gasteiger partial charge in [-0.15, -0.1) is 0 Å². The first-order valence-corrected chi connectivity index (χ1v) is 11.2. The van der Waals surface area contributed by atoms with Crippen LogP contribution < -0.4 is 0 Å². The van der Waals surface area contributed by atoms with Gasteiger partial charge in [0.25, 0.3) is 0 Å². The van der Waals surface area contributed by atoms with Gasteiger partial charge in [0.2, 0.25) is 0 Å². The highest BCUT2D eigenvalue weighted by atomic mass is 19.4. The fraction of sp³-hybridized carbons (Fsp3) is 0.320. The summed E-state index contributed by atoms with van der Waals surface area (Å²) < 4.78 is 44.1. The lowest BCUT2D eigenvalue weighted by Crippen LogP contribution is -2.30. The van der Waals surface area contributed by atoms with Crippen LogP contribution in [0.2, 0.25) is 0 Å². The molecule has 0 bridgehead atoms. The largest absolute Gasteiger partial charge is 0.471 e. The lowest BCUT2D eigenvalue weighted by atomic mass is 10.1. The predicted octanol–water partition coefficient (Wildman–Crippen LogP) is 5.56. The molecule has 178 valence electrons. The van der Waals surface area contributed by atoms with Crippen LogP contribution in [0.3, 0.4) is 0 Å². The van der Waals surface area contributed by atoms with Crippen LogP contribution in [0.5, 0.6) is 0 Å². The zero-order chi connectivity index (χ0) is 24.0. The SMILES string of the molecule is CCCN(CCc1ccccc1)CCn1cnc2cc(/C=C/c3noc(C(F)(F)F)n3)ccc21. The molecule has 0 radical (unpaired) electrons. The van der Waals surface area contributed by atoms with E-state index < -0.39 is 12.1 Å². The van der Waals surface area contributed by atoms with Gasteiger partial charge in [0, 0.05) is 19.6 Å². The van der Waals surface area contributed by atoms with E-state index >= 15 is 0 Å². The van der Waals surface area contributed by atoms with Crippen molar-refractivity contribution >= 4 is 23.2 Å². The number of hydrogen-bond acceptors (Lipinski definition) is 5. The second-order valence-electron chi connectivity index (χ2n) is 8.05. The van der Waals surface area contributed by atoms with Crippen molar-refractivity contribution in [1.82, 2.24) is 24.6 Å². The summed E-state index contributed by atoms with van der Waals surface area (Å²) in [5.74, 6) is -1.49. The molecule has 0 atom stereocenters. The van der Waals surface area contributed by atoms with E-state index in [1.165, 1.54) is 11.6 Å². The highest BCUT2D eigenvalue weighted by Gasteiger charge is 2.38. The molecule has 0 aliphatic carbocycles. The van der Waals surface area contributed by atoms with Gasteiger partial charge in [0.05, 0.1) is 17.4 Å². The summed E-state index contributed by atoms with van der Waals surface area (Å²) in [5.41, 5.74) is 3.95. The molecule has 0 unspecified atom stereocenters. The van der Waals surface area contributed by atoms with Gasteiger partial charge in [0.1, 0.15) is 0 Å². The molecule has 9 heteroatoms. The Bertz CT molecular complexity index is 1230. The third-order valence-corrected chi connectivity index (χ3v) is 5.51. The maximum Gasteiger partial charge on any atom is 0.471 e. The van der Waals surface area contributed by atoms with E-state index in [4.69, 9.17) is 0 Å². The molecule has 34 heavy (non-hydrogen) atoms. The minimum absolute atomic E-state index is 0.135. The van der Waals surface area contributed by atoms with Crippen LogP contribution in [0, 0.1) is 0 Å². The standard InChI is InChI=1S/C25H26F3N5O/c1-2-13-32(14-12-19-6-4-3-5-7-19)15-16-33-18-29-21-17-20(8-10-22(21)33)9-11-23-30-24(34-31-23)25(26,27)28/h3-11,17-18H,2,12-16H2,1H3/b11-9+. The Kier molecular flexibility index (Phi) is 7.42. The van der Waals surface area contributed by atoms with Gasteiger partial charge in [-0.1, -0.05) is 54.6 Å². The summed E-state index contributed by atoms with van der Waals surface area (Å²) in [7, 11) is 0. The van der Waals surface area contributed by atoms with Crippen LogP contribution >= 0.6 is 0 Å². The molecular formula is C25H26F3N5O. The normalized spacial score (nSPS) is 12.4. The molecule has 2 heterocycles. The summed E-state index contributed by atoms with van der Waals surface area (Å²) in [6.45, 7) is 5.98. The van der Waals surface area contributed by atoms with Crippen molar-refractivity contribution in [1.29, 1.82) is 0 Å². The second-order valence-corrected chi connectivity index (χ2v) is 8.05. The van der Waals surface area contributed by atoms with Crippen molar-refractivity contribution in [3.05, 3.63) is 77.7 Å². The van der Waals surface area contributed by atoms with Gasteiger partial charge >= 0.3 is 12.1 Å². The van der Waals surface area contributed by atoms with Crippen LogP contribution in [-0.4, -0.2) is 44.2 Å². The molecule has 2 aromatic heterocycles. The third kappa shape index (κ3) is 6.11. The fourth-order valence-electron chi connectivity index (χ4n) is 3.78.